The number of benzene rings is 1. The van der Waals surface area contributed by atoms with Gasteiger partial charge in [-0.05, 0) is 47.7 Å². The monoisotopic (exact) mass is 357 g/mol. The third-order valence-corrected chi connectivity index (χ3v) is 5.55. The molecule has 6 heteroatoms. The van der Waals surface area contributed by atoms with Crippen LogP contribution in [-0.2, 0) is 17.8 Å². The maximum atomic E-state index is 12.5. The molecule has 1 aliphatic heterocycles. The predicted molar refractivity (Wildman–Crippen MR) is 98.7 cm³/mol. The van der Waals surface area contributed by atoms with Crippen molar-refractivity contribution in [1.82, 2.24) is 9.88 Å². The first-order valence-electron chi connectivity index (χ1n) is 7.82. The van der Waals surface area contributed by atoms with Gasteiger partial charge in [-0.1, -0.05) is 11.6 Å². The lowest BCUT2D eigenvalue weighted by atomic mass is 10.1. The van der Waals surface area contributed by atoms with E-state index in [4.69, 9.17) is 11.6 Å². The molecule has 0 fully saturated rings. The molecule has 3 heterocycles. The first kappa shape index (κ1) is 15.4. The molecule has 3 aromatic rings. The van der Waals surface area contributed by atoms with Crippen molar-refractivity contribution < 1.29 is 4.79 Å². The topological polar surface area (TPSA) is 45.2 Å². The van der Waals surface area contributed by atoms with Crippen LogP contribution < -0.4 is 5.32 Å². The van der Waals surface area contributed by atoms with Crippen LogP contribution in [0.4, 0.5) is 5.69 Å². The second-order valence-corrected chi connectivity index (χ2v) is 7.24. The average Bonchev–Trinajstić information content (AvgIpc) is 3.06. The number of anilines is 1. The van der Waals surface area contributed by atoms with Crippen LogP contribution in [0.25, 0.3) is 10.9 Å². The third kappa shape index (κ3) is 2.97. The number of thiophene rings is 1. The predicted octanol–water partition coefficient (Wildman–Crippen LogP) is 3.95. The van der Waals surface area contributed by atoms with E-state index < -0.39 is 0 Å². The molecule has 0 saturated carbocycles. The second-order valence-electron chi connectivity index (χ2n) is 5.81. The van der Waals surface area contributed by atoms with Gasteiger partial charge in [-0.3, -0.25) is 9.78 Å². The number of carbonyl (C=O) groups is 1. The van der Waals surface area contributed by atoms with E-state index in [9.17, 15) is 4.79 Å². The van der Waals surface area contributed by atoms with E-state index in [2.05, 4.69) is 21.7 Å². The summed E-state index contributed by atoms with van der Waals surface area (Å²) in [6.45, 7) is 1.79. The zero-order valence-electron chi connectivity index (χ0n) is 13.0. The third-order valence-electron chi connectivity index (χ3n) is 4.30. The quantitative estimate of drug-likeness (QED) is 0.772. The molecule has 4 nitrogen and oxygen atoms in total. The summed E-state index contributed by atoms with van der Waals surface area (Å²) in [4.78, 5) is 20.2. The Kier molecular flexibility index (Phi) is 4.12. The molecular weight excluding hydrogens is 342 g/mol. The van der Waals surface area contributed by atoms with Crippen molar-refractivity contribution in [2.45, 2.75) is 13.0 Å². The lowest BCUT2D eigenvalue weighted by molar-refractivity contribution is -0.130. The largest absolute Gasteiger partial charge is 0.376 e. The van der Waals surface area contributed by atoms with Crippen LogP contribution in [0.15, 0.2) is 41.9 Å². The number of pyridine rings is 1. The molecule has 1 aliphatic rings. The van der Waals surface area contributed by atoms with Gasteiger partial charge in [0.05, 0.1) is 12.1 Å². The maximum Gasteiger partial charge on any atom is 0.242 e. The van der Waals surface area contributed by atoms with E-state index in [1.54, 1.807) is 17.5 Å². The summed E-state index contributed by atoms with van der Waals surface area (Å²) in [6.07, 6.45) is 2.68. The highest BCUT2D eigenvalue weighted by Crippen LogP contribution is 2.25. The average molecular weight is 358 g/mol. The molecule has 4 rings (SSSR count). The summed E-state index contributed by atoms with van der Waals surface area (Å²) in [5.41, 5.74) is 3.00. The van der Waals surface area contributed by atoms with Crippen LogP contribution in [-0.4, -0.2) is 28.9 Å². The summed E-state index contributed by atoms with van der Waals surface area (Å²) in [6, 6.07) is 9.59. The number of hydrogen-bond acceptors (Lipinski definition) is 4. The smallest absolute Gasteiger partial charge is 0.242 e. The molecular formula is C18H16ClN3OS. The standard InChI is InChI=1S/C18H16ClN3OS/c19-13-1-2-14-15(3-6-20-16(14)9-13)21-10-18(23)22-7-4-17-12(11-22)5-8-24-17/h1-3,5-6,8-9H,4,7,10-11H2,(H,20,21). The van der Waals surface area contributed by atoms with Gasteiger partial charge in [-0.2, -0.15) is 0 Å². The minimum absolute atomic E-state index is 0.116. The van der Waals surface area contributed by atoms with Crippen LogP contribution >= 0.6 is 22.9 Å². The summed E-state index contributed by atoms with van der Waals surface area (Å²) in [5.74, 6) is 0.116. The zero-order chi connectivity index (χ0) is 16.5. The van der Waals surface area contributed by atoms with Gasteiger partial charge < -0.3 is 10.2 Å². The molecule has 2 aromatic heterocycles. The Morgan fingerprint density at radius 2 is 2.25 bits per heavy atom. The summed E-state index contributed by atoms with van der Waals surface area (Å²) >= 11 is 7.79. The maximum absolute atomic E-state index is 12.5. The van der Waals surface area contributed by atoms with Crippen LogP contribution in [0.3, 0.4) is 0 Å². The van der Waals surface area contributed by atoms with Crippen molar-refractivity contribution in [1.29, 1.82) is 0 Å². The molecule has 1 amide bonds. The summed E-state index contributed by atoms with van der Waals surface area (Å²) < 4.78 is 0. The van der Waals surface area contributed by atoms with Gasteiger partial charge in [0.1, 0.15) is 0 Å². The normalized spacial score (nSPS) is 13.8. The van der Waals surface area contributed by atoms with Crippen molar-refractivity contribution in [3.05, 3.63) is 57.4 Å². The van der Waals surface area contributed by atoms with Gasteiger partial charge in [-0.15, -0.1) is 11.3 Å². The molecule has 1 N–H and O–H groups in total. The van der Waals surface area contributed by atoms with E-state index in [1.165, 1.54) is 10.4 Å². The van der Waals surface area contributed by atoms with Gasteiger partial charge in [0.2, 0.25) is 5.91 Å². The van der Waals surface area contributed by atoms with Crippen LogP contribution in [0.1, 0.15) is 10.4 Å². The minimum Gasteiger partial charge on any atom is -0.376 e. The van der Waals surface area contributed by atoms with E-state index in [0.29, 0.717) is 11.6 Å². The van der Waals surface area contributed by atoms with Crippen LogP contribution in [0.5, 0.6) is 0 Å². The van der Waals surface area contributed by atoms with E-state index in [1.807, 2.05) is 29.2 Å². The Morgan fingerprint density at radius 1 is 1.33 bits per heavy atom. The molecule has 0 spiro atoms. The molecule has 0 bridgehead atoms. The number of fused-ring (bicyclic) bond motifs is 2. The highest BCUT2D eigenvalue weighted by Gasteiger charge is 2.21. The summed E-state index contributed by atoms with van der Waals surface area (Å²) in [7, 11) is 0. The van der Waals surface area contributed by atoms with Gasteiger partial charge in [0.25, 0.3) is 0 Å². The molecule has 0 unspecified atom stereocenters. The number of nitrogens with one attached hydrogen (secondary N) is 1. The highest BCUT2D eigenvalue weighted by atomic mass is 35.5. The zero-order valence-corrected chi connectivity index (χ0v) is 14.5. The van der Waals surface area contributed by atoms with Crippen molar-refractivity contribution in [3.8, 4) is 0 Å². The Labute approximate surface area is 149 Å². The summed E-state index contributed by atoms with van der Waals surface area (Å²) in [5, 5.41) is 6.97. The number of nitrogens with zero attached hydrogens (tertiary/aromatic N) is 2. The van der Waals surface area contributed by atoms with E-state index in [0.717, 1.165) is 29.6 Å². The van der Waals surface area contributed by atoms with Crippen molar-refractivity contribution in [3.63, 3.8) is 0 Å². The second kappa shape index (κ2) is 6.42. The molecule has 0 saturated heterocycles. The number of halogens is 1. The fraction of sp³-hybridized carbons (Fsp3) is 0.222. The number of amides is 1. The Balaban J connectivity index is 1.46. The van der Waals surface area contributed by atoms with Crippen molar-refractivity contribution in [2.75, 3.05) is 18.4 Å². The van der Waals surface area contributed by atoms with Crippen LogP contribution in [0, 0.1) is 0 Å². The molecule has 24 heavy (non-hydrogen) atoms. The Hall–Kier alpha value is -2.11. The lowest BCUT2D eigenvalue weighted by Gasteiger charge is -2.27. The van der Waals surface area contributed by atoms with Gasteiger partial charge in [-0.25, -0.2) is 0 Å². The minimum atomic E-state index is 0.116. The fourth-order valence-electron chi connectivity index (χ4n) is 3.02. The Bertz CT molecular complexity index is 908. The Morgan fingerprint density at radius 3 is 3.17 bits per heavy atom. The molecule has 0 radical (unpaired) electrons. The molecule has 1 aromatic carbocycles. The van der Waals surface area contributed by atoms with Gasteiger partial charge >= 0.3 is 0 Å². The fourth-order valence-corrected chi connectivity index (χ4v) is 4.08. The molecule has 0 aliphatic carbocycles. The number of rotatable bonds is 3. The van der Waals surface area contributed by atoms with Gasteiger partial charge in [0.15, 0.2) is 0 Å². The van der Waals surface area contributed by atoms with Gasteiger partial charge in [0, 0.05) is 40.3 Å². The first-order chi connectivity index (χ1) is 11.7. The van der Waals surface area contributed by atoms with Crippen molar-refractivity contribution in [2.24, 2.45) is 0 Å². The molecule has 0 atom stereocenters. The highest BCUT2D eigenvalue weighted by molar-refractivity contribution is 7.10. The number of carbonyl (C=O) groups excluding carboxylic acids is 1. The van der Waals surface area contributed by atoms with E-state index >= 15 is 0 Å². The first-order valence-corrected chi connectivity index (χ1v) is 9.07. The van der Waals surface area contributed by atoms with Crippen LogP contribution in [0.2, 0.25) is 5.02 Å². The van der Waals surface area contributed by atoms with Crippen molar-refractivity contribution >= 4 is 45.4 Å². The number of hydrogen-bond donors (Lipinski definition) is 1. The molecule has 122 valence electrons. The lowest BCUT2D eigenvalue weighted by Crippen LogP contribution is -2.38. The number of aromatic nitrogens is 1. The SMILES string of the molecule is O=C(CNc1ccnc2cc(Cl)ccc12)N1CCc2sccc2C1. The van der Waals surface area contributed by atoms with E-state index in [-0.39, 0.29) is 12.5 Å².